The van der Waals surface area contributed by atoms with Gasteiger partial charge < -0.3 is 5.73 Å². The molecule has 0 aliphatic rings. The van der Waals surface area contributed by atoms with Gasteiger partial charge in [0.05, 0.1) is 4.92 Å². The third-order valence-corrected chi connectivity index (χ3v) is 4.27. The largest absolute Gasteiger partial charge is 0.383 e. The number of rotatable bonds is 3. The van der Waals surface area contributed by atoms with Gasteiger partial charge in [0.2, 0.25) is 0 Å². The number of hydrogen-bond acceptors (Lipinski definition) is 5. The van der Waals surface area contributed by atoms with Crippen LogP contribution in [0, 0.1) is 35.3 Å². The quantitative estimate of drug-likeness (QED) is 0.560. The lowest BCUT2D eigenvalue weighted by Gasteiger charge is -2.16. The van der Waals surface area contributed by atoms with Crippen LogP contribution in [0.5, 0.6) is 0 Å². The first-order valence-electron chi connectivity index (χ1n) is 7.95. The fraction of sp³-hybridized carbons (Fsp3) is 0.100. The molecule has 0 aliphatic carbocycles. The van der Waals surface area contributed by atoms with E-state index in [1.54, 1.807) is 19.1 Å². The van der Waals surface area contributed by atoms with Gasteiger partial charge in [-0.05, 0) is 25.0 Å². The molecular formula is C20H16N4O2. The van der Waals surface area contributed by atoms with Gasteiger partial charge in [0, 0.05) is 28.5 Å². The van der Waals surface area contributed by atoms with Crippen LogP contribution >= 0.6 is 0 Å². The Morgan fingerprint density at radius 2 is 1.77 bits per heavy atom. The van der Waals surface area contributed by atoms with E-state index in [-0.39, 0.29) is 17.1 Å². The second-order valence-electron chi connectivity index (χ2n) is 5.94. The van der Waals surface area contributed by atoms with Crippen LogP contribution in [0.1, 0.15) is 16.8 Å². The number of nitrogens with two attached hydrogens (primary N) is 1. The average molecular weight is 344 g/mol. The van der Waals surface area contributed by atoms with E-state index < -0.39 is 4.92 Å². The maximum Gasteiger partial charge on any atom is 0.272 e. The second kappa shape index (κ2) is 6.65. The van der Waals surface area contributed by atoms with Crippen molar-refractivity contribution in [1.82, 2.24) is 4.98 Å². The molecule has 0 saturated heterocycles. The molecule has 3 aromatic rings. The minimum absolute atomic E-state index is 0.00145. The smallest absolute Gasteiger partial charge is 0.272 e. The van der Waals surface area contributed by atoms with Crippen LogP contribution in [0.25, 0.3) is 22.3 Å². The molecule has 1 heterocycles. The topological polar surface area (TPSA) is 106 Å². The summed E-state index contributed by atoms with van der Waals surface area (Å²) in [5, 5.41) is 21.0. The molecule has 0 bridgehead atoms. The Bertz CT molecular complexity index is 1050. The predicted molar refractivity (Wildman–Crippen MR) is 100 cm³/mol. The van der Waals surface area contributed by atoms with Crippen molar-refractivity contribution >= 4 is 11.5 Å². The molecule has 6 heteroatoms. The number of anilines is 1. The normalized spacial score (nSPS) is 10.3. The minimum atomic E-state index is -0.426. The fourth-order valence-corrected chi connectivity index (χ4v) is 3.05. The van der Waals surface area contributed by atoms with Crippen molar-refractivity contribution < 1.29 is 4.92 Å². The van der Waals surface area contributed by atoms with E-state index in [9.17, 15) is 15.4 Å². The highest BCUT2D eigenvalue weighted by molar-refractivity contribution is 5.91. The van der Waals surface area contributed by atoms with Gasteiger partial charge >= 0.3 is 0 Å². The molecule has 6 nitrogen and oxygen atoms in total. The number of nitrogens with zero attached hydrogens (tertiary/aromatic N) is 3. The fourth-order valence-electron chi connectivity index (χ4n) is 3.05. The summed E-state index contributed by atoms with van der Waals surface area (Å²) in [7, 11) is 0. The summed E-state index contributed by atoms with van der Waals surface area (Å²) in [6.45, 7) is 3.49. The molecule has 26 heavy (non-hydrogen) atoms. The molecule has 1 aromatic heterocycles. The number of nitriles is 1. The first-order chi connectivity index (χ1) is 12.4. The van der Waals surface area contributed by atoms with Crippen molar-refractivity contribution in [2.24, 2.45) is 0 Å². The SMILES string of the molecule is Cc1ccc(-c2c(C#N)c(N)nc(C)c2-c2ccccc2)cc1[N+](=O)[O-]. The molecule has 2 aromatic carbocycles. The minimum Gasteiger partial charge on any atom is -0.383 e. The monoisotopic (exact) mass is 344 g/mol. The number of aromatic nitrogens is 1. The van der Waals surface area contributed by atoms with Crippen molar-refractivity contribution in [1.29, 1.82) is 5.26 Å². The Morgan fingerprint density at radius 3 is 2.38 bits per heavy atom. The lowest BCUT2D eigenvalue weighted by Crippen LogP contribution is -2.03. The molecule has 0 aliphatic heterocycles. The Balaban J connectivity index is 2.42. The molecule has 0 radical (unpaired) electrons. The number of nitro groups is 1. The summed E-state index contributed by atoms with van der Waals surface area (Å²) in [4.78, 5) is 15.2. The van der Waals surface area contributed by atoms with Crippen LogP contribution in [0.2, 0.25) is 0 Å². The molecule has 0 fully saturated rings. The van der Waals surface area contributed by atoms with E-state index in [0.29, 0.717) is 22.4 Å². The highest BCUT2D eigenvalue weighted by Gasteiger charge is 2.21. The highest BCUT2D eigenvalue weighted by Crippen LogP contribution is 2.40. The van der Waals surface area contributed by atoms with Crippen LogP contribution in [0.15, 0.2) is 48.5 Å². The number of hydrogen-bond donors (Lipinski definition) is 1. The Morgan fingerprint density at radius 1 is 1.08 bits per heavy atom. The van der Waals surface area contributed by atoms with Gasteiger partial charge in [0.25, 0.3) is 5.69 Å². The Kier molecular flexibility index (Phi) is 4.38. The lowest BCUT2D eigenvalue weighted by molar-refractivity contribution is -0.385. The molecule has 2 N–H and O–H groups in total. The first kappa shape index (κ1) is 17.1. The summed E-state index contributed by atoms with van der Waals surface area (Å²) in [5.74, 6) is 0.114. The lowest BCUT2D eigenvalue weighted by atomic mass is 9.89. The average Bonchev–Trinajstić information content (AvgIpc) is 2.62. The number of nitro benzene ring substituents is 1. The van der Waals surface area contributed by atoms with E-state index in [2.05, 4.69) is 11.1 Å². The van der Waals surface area contributed by atoms with Crippen molar-refractivity contribution in [3.05, 3.63) is 75.5 Å². The molecule has 0 saturated carbocycles. The number of benzene rings is 2. The van der Waals surface area contributed by atoms with Gasteiger partial charge in [-0.3, -0.25) is 10.1 Å². The van der Waals surface area contributed by atoms with Crippen LogP contribution in [0.4, 0.5) is 11.5 Å². The Labute approximate surface area is 150 Å². The van der Waals surface area contributed by atoms with E-state index in [0.717, 1.165) is 11.1 Å². The van der Waals surface area contributed by atoms with Crippen molar-refractivity contribution in [2.75, 3.05) is 5.73 Å². The zero-order valence-corrected chi connectivity index (χ0v) is 14.4. The molecular weight excluding hydrogens is 328 g/mol. The van der Waals surface area contributed by atoms with Gasteiger partial charge in [-0.15, -0.1) is 0 Å². The van der Waals surface area contributed by atoms with E-state index in [1.165, 1.54) is 6.07 Å². The van der Waals surface area contributed by atoms with E-state index in [1.807, 2.05) is 37.3 Å². The molecule has 3 rings (SSSR count). The molecule has 0 unspecified atom stereocenters. The van der Waals surface area contributed by atoms with Crippen molar-refractivity contribution in [3.63, 3.8) is 0 Å². The zero-order chi connectivity index (χ0) is 18.8. The molecule has 0 atom stereocenters. The van der Waals surface area contributed by atoms with Gasteiger partial charge in [-0.25, -0.2) is 4.98 Å². The standard InChI is InChI=1S/C20H16N4O2/c1-12-8-9-15(10-17(12)24(25)26)19-16(11-21)20(22)23-13(2)18(19)14-6-4-3-5-7-14/h3-10H,1-2H3,(H2,22,23). The van der Waals surface area contributed by atoms with Gasteiger partial charge in [-0.1, -0.05) is 42.5 Å². The predicted octanol–water partition coefficient (Wildman–Crippen LogP) is 4.39. The van der Waals surface area contributed by atoms with Gasteiger partial charge in [0.15, 0.2) is 0 Å². The van der Waals surface area contributed by atoms with E-state index in [4.69, 9.17) is 5.73 Å². The summed E-state index contributed by atoms with van der Waals surface area (Å²) >= 11 is 0. The maximum absolute atomic E-state index is 11.4. The molecule has 128 valence electrons. The van der Waals surface area contributed by atoms with E-state index >= 15 is 0 Å². The van der Waals surface area contributed by atoms with Crippen LogP contribution in [0.3, 0.4) is 0 Å². The van der Waals surface area contributed by atoms with Crippen LogP contribution in [-0.4, -0.2) is 9.91 Å². The van der Waals surface area contributed by atoms with Gasteiger partial charge in [-0.2, -0.15) is 5.26 Å². The van der Waals surface area contributed by atoms with Gasteiger partial charge in [0.1, 0.15) is 17.5 Å². The van der Waals surface area contributed by atoms with Crippen LogP contribution < -0.4 is 5.73 Å². The van der Waals surface area contributed by atoms with Crippen molar-refractivity contribution in [3.8, 4) is 28.3 Å². The first-order valence-corrected chi connectivity index (χ1v) is 7.95. The molecule has 0 spiro atoms. The number of pyridine rings is 1. The summed E-state index contributed by atoms with van der Waals surface area (Å²) in [5.41, 5.74) is 10.1. The number of aryl methyl sites for hydroxylation is 2. The Hall–Kier alpha value is -3.72. The highest BCUT2D eigenvalue weighted by atomic mass is 16.6. The summed E-state index contributed by atoms with van der Waals surface area (Å²) in [6.07, 6.45) is 0. The summed E-state index contributed by atoms with van der Waals surface area (Å²) in [6, 6.07) is 16.5. The third-order valence-electron chi connectivity index (χ3n) is 4.27. The van der Waals surface area contributed by atoms with Crippen molar-refractivity contribution in [2.45, 2.75) is 13.8 Å². The third kappa shape index (κ3) is 2.87. The number of nitrogen functional groups attached to an aromatic ring is 1. The zero-order valence-electron chi connectivity index (χ0n) is 14.4. The second-order valence-corrected chi connectivity index (χ2v) is 5.94. The summed E-state index contributed by atoms with van der Waals surface area (Å²) < 4.78 is 0. The maximum atomic E-state index is 11.4. The van der Waals surface area contributed by atoms with Crippen LogP contribution in [-0.2, 0) is 0 Å². The molecule has 0 amide bonds.